The van der Waals surface area contributed by atoms with E-state index in [1.165, 1.54) is 0 Å². The standard InChI is InChI=1S/C23H18N2O/c1-16-10-21(12-17-2-6-19(14-24)7-3-17)23(26)22(11-16)13-18-4-8-20(15-25)9-5-18/h2-9,12-13,16H,10-11H2,1H3. The zero-order valence-electron chi connectivity index (χ0n) is 14.6. The van der Waals surface area contributed by atoms with Crippen molar-refractivity contribution in [2.24, 2.45) is 5.92 Å². The molecule has 1 saturated carbocycles. The normalized spacial score (nSPS) is 20.0. The van der Waals surface area contributed by atoms with Crippen molar-refractivity contribution in [3.8, 4) is 12.1 Å². The highest BCUT2D eigenvalue weighted by atomic mass is 16.1. The number of nitrogens with zero attached hydrogens (tertiary/aromatic N) is 2. The van der Waals surface area contributed by atoms with Gasteiger partial charge in [0.1, 0.15) is 0 Å². The predicted octanol–water partition coefficient (Wildman–Crippen LogP) is 4.90. The van der Waals surface area contributed by atoms with Crippen molar-refractivity contribution < 1.29 is 4.79 Å². The summed E-state index contributed by atoms with van der Waals surface area (Å²) in [5.41, 5.74) is 4.67. The average Bonchev–Trinajstić information content (AvgIpc) is 2.66. The van der Waals surface area contributed by atoms with E-state index in [0.717, 1.165) is 35.1 Å². The number of ketones is 1. The minimum atomic E-state index is 0.0804. The van der Waals surface area contributed by atoms with Crippen LogP contribution in [0.3, 0.4) is 0 Å². The summed E-state index contributed by atoms with van der Waals surface area (Å²) < 4.78 is 0. The van der Waals surface area contributed by atoms with Crippen LogP contribution in [-0.2, 0) is 4.79 Å². The van der Waals surface area contributed by atoms with Gasteiger partial charge in [-0.05, 0) is 66.3 Å². The molecule has 1 fully saturated rings. The molecular weight excluding hydrogens is 320 g/mol. The molecule has 2 aromatic carbocycles. The van der Waals surface area contributed by atoms with Gasteiger partial charge in [-0.3, -0.25) is 4.79 Å². The van der Waals surface area contributed by atoms with Crippen molar-refractivity contribution in [3.63, 3.8) is 0 Å². The van der Waals surface area contributed by atoms with Gasteiger partial charge in [0.2, 0.25) is 0 Å². The Hall–Kier alpha value is -3.43. The van der Waals surface area contributed by atoms with E-state index in [9.17, 15) is 4.79 Å². The van der Waals surface area contributed by atoms with Crippen LogP contribution in [0.1, 0.15) is 42.0 Å². The fraction of sp³-hybridized carbons (Fsp3) is 0.174. The second-order valence-corrected chi connectivity index (χ2v) is 6.65. The Labute approximate surface area is 153 Å². The smallest absolute Gasteiger partial charge is 0.185 e. The Balaban J connectivity index is 1.89. The predicted molar refractivity (Wildman–Crippen MR) is 102 cm³/mol. The number of rotatable bonds is 2. The third-order valence-corrected chi connectivity index (χ3v) is 4.48. The van der Waals surface area contributed by atoms with E-state index in [0.29, 0.717) is 17.0 Å². The van der Waals surface area contributed by atoms with Gasteiger partial charge in [-0.15, -0.1) is 0 Å². The Bertz CT molecular complexity index is 885. The maximum Gasteiger partial charge on any atom is 0.185 e. The zero-order chi connectivity index (χ0) is 18.5. The molecule has 26 heavy (non-hydrogen) atoms. The van der Waals surface area contributed by atoms with E-state index in [1.54, 1.807) is 24.3 Å². The number of carbonyl (C=O) groups excluding carboxylic acids is 1. The van der Waals surface area contributed by atoms with E-state index < -0.39 is 0 Å². The second kappa shape index (κ2) is 7.64. The molecule has 1 aliphatic rings. The topological polar surface area (TPSA) is 64.7 Å². The van der Waals surface area contributed by atoms with Gasteiger partial charge in [-0.25, -0.2) is 0 Å². The summed E-state index contributed by atoms with van der Waals surface area (Å²) in [6.45, 7) is 2.14. The first-order chi connectivity index (χ1) is 12.6. The van der Waals surface area contributed by atoms with Gasteiger partial charge in [0.25, 0.3) is 0 Å². The van der Waals surface area contributed by atoms with Crippen molar-refractivity contribution in [1.29, 1.82) is 10.5 Å². The SMILES string of the molecule is CC1CC(=Cc2ccc(C#N)cc2)C(=O)C(=Cc2ccc(C#N)cc2)C1. The van der Waals surface area contributed by atoms with Gasteiger partial charge in [0, 0.05) is 11.1 Å². The molecule has 0 spiro atoms. The molecule has 0 amide bonds. The molecule has 0 N–H and O–H groups in total. The lowest BCUT2D eigenvalue weighted by Crippen LogP contribution is -2.18. The van der Waals surface area contributed by atoms with Crippen LogP contribution < -0.4 is 0 Å². The third kappa shape index (κ3) is 3.97. The highest BCUT2D eigenvalue weighted by molar-refractivity contribution is 6.14. The van der Waals surface area contributed by atoms with Gasteiger partial charge in [-0.1, -0.05) is 31.2 Å². The summed E-state index contributed by atoms with van der Waals surface area (Å²) in [7, 11) is 0. The first-order valence-corrected chi connectivity index (χ1v) is 8.55. The summed E-state index contributed by atoms with van der Waals surface area (Å²) in [4.78, 5) is 12.9. The number of allylic oxidation sites excluding steroid dienone is 2. The molecule has 0 saturated heterocycles. The first kappa shape index (κ1) is 17.4. The summed E-state index contributed by atoms with van der Waals surface area (Å²) in [5, 5.41) is 17.8. The van der Waals surface area contributed by atoms with E-state index >= 15 is 0 Å². The minimum Gasteiger partial charge on any atom is -0.289 e. The lowest BCUT2D eigenvalue weighted by Gasteiger charge is -2.22. The van der Waals surface area contributed by atoms with Crippen LogP contribution in [0.4, 0.5) is 0 Å². The van der Waals surface area contributed by atoms with Crippen molar-refractivity contribution in [2.75, 3.05) is 0 Å². The molecule has 126 valence electrons. The highest BCUT2D eigenvalue weighted by Gasteiger charge is 2.25. The highest BCUT2D eigenvalue weighted by Crippen LogP contribution is 2.32. The molecule has 3 nitrogen and oxygen atoms in total. The summed E-state index contributed by atoms with van der Waals surface area (Å²) in [6.07, 6.45) is 5.35. The number of Topliss-reactive ketones (excluding diaryl/α,β-unsaturated/α-hetero) is 1. The van der Waals surface area contributed by atoms with Crippen LogP contribution in [0, 0.1) is 28.6 Å². The number of nitriles is 2. The van der Waals surface area contributed by atoms with Crippen LogP contribution >= 0.6 is 0 Å². The number of hydrogen-bond acceptors (Lipinski definition) is 3. The van der Waals surface area contributed by atoms with E-state index in [4.69, 9.17) is 10.5 Å². The van der Waals surface area contributed by atoms with E-state index in [2.05, 4.69) is 19.1 Å². The van der Waals surface area contributed by atoms with E-state index in [1.807, 2.05) is 36.4 Å². The summed E-state index contributed by atoms with van der Waals surface area (Å²) in [6, 6.07) is 18.7. The number of hydrogen-bond donors (Lipinski definition) is 0. The molecule has 3 rings (SSSR count). The lowest BCUT2D eigenvalue weighted by atomic mass is 9.80. The average molecular weight is 338 g/mol. The van der Waals surface area contributed by atoms with Crippen molar-refractivity contribution >= 4 is 17.9 Å². The number of benzene rings is 2. The zero-order valence-corrected chi connectivity index (χ0v) is 14.6. The second-order valence-electron chi connectivity index (χ2n) is 6.65. The van der Waals surface area contributed by atoms with Crippen molar-refractivity contribution in [1.82, 2.24) is 0 Å². The van der Waals surface area contributed by atoms with Gasteiger partial charge < -0.3 is 0 Å². The van der Waals surface area contributed by atoms with Gasteiger partial charge in [0.05, 0.1) is 23.3 Å². The Kier molecular flexibility index (Phi) is 5.11. The van der Waals surface area contributed by atoms with Gasteiger partial charge in [-0.2, -0.15) is 10.5 Å². The van der Waals surface area contributed by atoms with Crippen molar-refractivity contribution in [2.45, 2.75) is 19.8 Å². The quantitative estimate of drug-likeness (QED) is 0.732. The van der Waals surface area contributed by atoms with Crippen LogP contribution in [0.5, 0.6) is 0 Å². The Morgan fingerprint density at radius 2 is 1.19 bits per heavy atom. The Morgan fingerprint density at radius 3 is 1.54 bits per heavy atom. The largest absolute Gasteiger partial charge is 0.289 e. The molecular formula is C23H18N2O. The molecule has 0 bridgehead atoms. The van der Waals surface area contributed by atoms with Gasteiger partial charge >= 0.3 is 0 Å². The fourth-order valence-electron chi connectivity index (χ4n) is 3.17. The molecule has 0 radical (unpaired) electrons. The Morgan fingerprint density at radius 1 is 0.808 bits per heavy atom. The van der Waals surface area contributed by atoms with Crippen LogP contribution in [-0.4, -0.2) is 5.78 Å². The fourth-order valence-corrected chi connectivity index (χ4v) is 3.17. The summed E-state index contributed by atoms with van der Waals surface area (Å²) in [5.74, 6) is 0.471. The minimum absolute atomic E-state index is 0.0804. The monoisotopic (exact) mass is 338 g/mol. The third-order valence-electron chi connectivity index (χ3n) is 4.48. The molecule has 0 aromatic heterocycles. The molecule has 1 aliphatic carbocycles. The maximum atomic E-state index is 12.9. The van der Waals surface area contributed by atoms with E-state index in [-0.39, 0.29) is 5.78 Å². The molecule has 0 atom stereocenters. The molecule has 2 aromatic rings. The van der Waals surface area contributed by atoms with Crippen LogP contribution in [0.15, 0.2) is 59.7 Å². The lowest BCUT2D eigenvalue weighted by molar-refractivity contribution is -0.113. The molecule has 0 heterocycles. The van der Waals surface area contributed by atoms with Gasteiger partial charge in [0.15, 0.2) is 5.78 Å². The first-order valence-electron chi connectivity index (χ1n) is 8.55. The number of carbonyl (C=O) groups is 1. The molecule has 0 aliphatic heterocycles. The summed E-state index contributed by atoms with van der Waals surface area (Å²) >= 11 is 0. The molecule has 3 heteroatoms. The van der Waals surface area contributed by atoms with Crippen LogP contribution in [0.25, 0.3) is 12.2 Å². The van der Waals surface area contributed by atoms with Crippen molar-refractivity contribution in [3.05, 3.63) is 81.9 Å². The molecule has 0 unspecified atom stereocenters. The van der Waals surface area contributed by atoms with Crippen LogP contribution in [0.2, 0.25) is 0 Å². The maximum absolute atomic E-state index is 12.9.